The molecule has 2 N–H and O–H groups in total. The highest BCUT2D eigenvalue weighted by Gasteiger charge is 2.55. The topological polar surface area (TPSA) is 69.3 Å². The number of fused-ring (bicyclic) bond motifs is 2. The molecule has 152 valence electrons. The molecule has 2 atom stereocenters. The van der Waals surface area contributed by atoms with E-state index in [0.717, 1.165) is 42.7 Å². The number of guanidine groups is 1. The zero-order chi connectivity index (χ0) is 20.1. The van der Waals surface area contributed by atoms with E-state index in [-0.39, 0.29) is 0 Å². The van der Waals surface area contributed by atoms with Gasteiger partial charge in [-0.05, 0) is 48.1 Å². The first-order chi connectivity index (χ1) is 14.0. The molecule has 3 heterocycles. The predicted octanol–water partition coefficient (Wildman–Crippen LogP) is 3.59. The number of hydrogen-bond acceptors (Lipinski definition) is 6. The zero-order valence-electron chi connectivity index (χ0n) is 17.0. The molecule has 0 aromatic heterocycles. The van der Waals surface area contributed by atoms with E-state index in [1.165, 1.54) is 11.1 Å². The Balaban J connectivity index is 1.62. The van der Waals surface area contributed by atoms with Crippen molar-refractivity contribution in [3.63, 3.8) is 0 Å². The van der Waals surface area contributed by atoms with Gasteiger partial charge in [-0.3, -0.25) is 0 Å². The molecule has 1 fully saturated rings. The van der Waals surface area contributed by atoms with Gasteiger partial charge in [-0.15, -0.1) is 0 Å². The van der Waals surface area contributed by atoms with Gasteiger partial charge < -0.3 is 15.2 Å². The molecule has 2 unspecified atom stereocenters. The Morgan fingerprint density at radius 1 is 1.17 bits per heavy atom. The number of aliphatic imine (C=N–C) groups is 1. The highest BCUT2D eigenvalue weighted by atomic mass is 16.7. The minimum atomic E-state index is -0.883. The second-order valence-electron chi connectivity index (χ2n) is 8.23. The number of aryl methyl sites for hydroxylation is 1. The van der Waals surface area contributed by atoms with Gasteiger partial charge in [0.25, 0.3) is 0 Å². The molecule has 1 saturated heterocycles. The van der Waals surface area contributed by atoms with E-state index in [9.17, 15) is 0 Å². The van der Waals surface area contributed by atoms with Crippen molar-refractivity contribution >= 4 is 5.96 Å². The van der Waals surface area contributed by atoms with E-state index in [1.54, 1.807) is 12.1 Å². The number of rotatable bonds is 2. The normalized spacial score (nSPS) is 28.3. The highest BCUT2D eigenvalue weighted by molar-refractivity contribution is 5.79. The lowest BCUT2D eigenvalue weighted by atomic mass is 9.80. The van der Waals surface area contributed by atoms with Crippen LogP contribution in [0.25, 0.3) is 11.1 Å². The van der Waals surface area contributed by atoms with Crippen LogP contribution in [-0.2, 0) is 21.7 Å². The zero-order valence-corrected chi connectivity index (χ0v) is 17.0. The molecule has 29 heavy (non-hydrogen) atoms. The molecule has 0 saturated carbocycles. The molecule has 5 rings (SSSR count). The van der Waals surface area contributed by atoms with Gasteiger partial charge in [-0.2, -0.15) is 0 Å². The first kappa shape index (κ1) is 18.5. The van der Waals surface area contributed by atoms with Crippen LogP contribution in [-0.4, -0.2) is 36.9 Å². The number of nitrogens with two attached hydrogens (primary N) is 1. The Labute approximate surface area is 171 Å². The average molecular weight is 393 g/mol. The van der Waals surface area contributed by atoms with Crippen LogP contribution in [0.15, 0.2) is 47.5 Å². The van der Waals surface area contributed by atoms with E-state index in [2.05, 4.69) is 43.3 Å². The van der Waals surface area contributed by atoms with Crippen LogP contribution in [0.1, 0.15) is 37.3 Å². The molecule has 0 amide bonds. The quantitative estimate of drug-likeness (QED) is 0.844. The lowest BCUT2D eigenvalue weighted by molar-refractivity contribution is -0.216. The monoisotopic (exact) mass is 393 g/mol. The van der Waals surface area contributed by atoms with Crippen LogP contribution < -0.4 is 10.5 Å². The number of benzene rings is 2. The molecule has 0 aliphatic carbocycles. The van der Waals surface area contributed by atoms with Gasteiger partial charge in [0.05, 0.1) is 12.2 Å². The summed E-state index contributed by atoms with van der Waals surface area (Å²) in [7, 11) is 1.79. The Hall–Kier alpha value is -2.57. The summed E-state index contributed by atoms with van der Waals surface area (Å²) in [5.41, 5.74) is 9.32. The molecule has 3 aliphatic rings. The van der Waals surface area contributed by atoms with Crippen molar-refractivity contribution in [3.05, 3.63) is 53.6 Å². The van der Waals surface area contributed by atoms with Crippen LogP contribution in [0.3, 0.4) is 0 Å². The standard InChI is InChI=1S/C23H27N3O3/c1-3-16-6-4-7-17(12-16)18-8-9-20-19(13-18)23(25-21(24)26(2)29-23)14-22(28-20)10-5-11-27-15-22/h4,6-9,12-13H,3,5,10-11,14-15H2,1-2H3,(H2,24,25). The lowest BCUT2D eigenvalue weighted by Crippen LogP contribution is -2.53. The molecular weight excluding hydrogens is 366 g/mol. The van der Waals surface area contributed by atoms with Crippen LogP contribution in [0.5, 0.6) is 5.75 Å². The number of hydroxylamine groups is 2. The molecule has 6 nitrogen and oxygen atoms in total. The van der Waals surface area contributed by atoms with Crippen LogP contribution in [0.2, 0.25) is 0 Å². The fourth-order valence-corrected chi connectivity index (χ4v) is 4.65. The Bertz CT molecular complexity index is 968. The minimum Gasteiger partial charge on any atom is -0.484 e. The molecule has 6 heteroatoms. The number of hydrogen-bond donors (Lipinski definition) is 1. The number of ether oxygens (including phenoxy) is 2. The fourth-order valence-electron chi connectivity index (χ4n) is 4.65. The summed E-state index contributed by atoms with van der Waals surface area (Å²) in [4.78, 5) is 11.0. The van der Waals surface area contributed by atoms with Crippen molar-refractivity contribution in [3.8, 4) is 16.9 Å². The smallest absolute Gasteiger partial charge is 0.222 e. The third kappa shape index (κ3) is 3.07. The first-order valence-corrected chi connectivity index (χ1v) is 10.3. The summed E-state index contributed by atoms with van der Waals surface area (Å²) in [6.07, 6.45) is 3.46. The van der Waals surface area contributed by atoms with Crippen molar-refractivity contribution < 1.29 is 14.3 Å². The second-order valence-corrected chi connectivity index (χ2v) is 8.23. The van der Waals surface area contributed by atoms with Crippen LogP contribution >= 0.6 is 0 Å². The van der Waals surface area contributed by atoms with Gasteiger partial charge in [0.2, 0.25) is 11.7 Å². The van der Waals surface area contributed by atoms with Crippen LogP contribution in [0.4, 0.5) is 0 Å². The van der Waals surface area contributed by atoms with Crippen molar-refractivity contribution in [2.45, 2.75) is 43.9 Å². The molecule has 2 spiro atoms. The molecule has 0 radical (unpaired) electrons. The summed E-state index contributed by atoms with van der Waals surface area (Å²) < 4.78 is 12.3. The molecule has 3 aliphatic heterocycles. The van der Waals surface area contributed by atoms with Gasteiger partial charge in [0, 0.05) is 20.1 Å². The largest absolute Gasteiger partial charge is 0.484 e. The Morgan fingerprint density at radius 2 is 2.03 bits per heavy atom. The predicted molar refractivity (Wildman–Crippen MR) is 111 cm³/mol. The van der Waals surface area contributed by atoms with Gasteiger partial charge >= 0.3 is 0 Å². The van der Waals surface area contributed by atoms with E-state index < -0.39 is 11.3 Å². The van der Waals surface area contributed by atoms with Crippen molar-refractivity contribution in [2.24, 2.45) is 10.7 Å². The summed E-state index contributed by atoms with van der Waals surface area (Å²) >= 11 is 0. The van der Waals surface area contributed by atoms with Gasteiger partial charge in [0.15, 0.2) is 0 Å². The summed E-state index contributed by atoms with van der Waals surface area (Å²) in [6.45, 7) is 3.47. The minimum absolute atomic E-state index is 0.378. The third-order valence-electron chi connectivity index (χ3n) is 6.15. The Kier molecular flexibility index (Phi) is 4.29. The van der Waals surface area contributed by atoms with E-state index in [0.29, 0.717) is 19.0 Å². The van der Waals surface area contributed by atoms with Crippen molar-refractivity contribution in [2.75, 3.05) is 20.3 Å². The fraction of sp³-hybridized carbons (Fsp3) is 0.435. The first-order valence-electron chi connectivity index (χ1n) is 10.3. The second kappa shape index (κ2) is 6.75. The maximum absolute atomic E-state index is 6.52. The number of nitrogens with zero attached hydrogens (tertiary/aromatic N) is 2. The maximum atomic E-state index is 6.52. The molecule has 0 bridgehead atoms. The van der Waals surface area contributed by atoms with E-state index in [4.69, 9.17) is 25.0 Å². The average Bonchev–Trinajstić information content (AvgIpc) is 3.01. The van der Waals surface area contributed by atoms with Gasteiger partial charge in [-0.25, -0.2) is 14.9 Å². The van der Waals surface area contributed by atoms with E-state index in [1.807, 2.05) is 6.07 Å². The summed E-state index contributed by atoms with van der Waals surface area (Å²) in [5.74, 6) is 1.17. The van der Waals surface area contributed by atoms with Crippen molar-refractivity contribution in [1.29, 1.82) is 0 Å². The van der Waals surface area contributed by atoms with Crippen molar-refractivity contribution in [1.82, 2.24) is 5.06 Å². The maximum Gasteiger partial charge on any atom is 0.222 e. The summed E-state index contributed by atoms with van der Waals surface area (Å²) in [5, 5.41) is 1.55. The summed E-state index contributed by atoms with van der Waals surface area (Å²) in [6, 6.07) is 14.9. The van der Waals surface area contributed by atoms with Gasteiger partial charge in [-0.1, -0.05) is 37.3 Å². The SMILES string of the molecule is CCc1cccc(-c2ccc3c(c2)C2(CC4(CCCOC4)O3)N=C(N)N(C)O2)c1. The van der Waals surface area contributed by atoms with Crippen LogP contribution in [0, 0.1) is 0 Å². The Morgan fingerprint density at radius 3 is 2.76 bits per heavy atom. The molecule has 2 aromatic rings. The highest BCUT2D eigenvalue weighted by Crippen LogP contribution is 2.51. The molecule has 2 aromatic carbocycles. The van der Waals surface area contributed by atoms with E-state index >= 15 is 0 Å². The molecular formula is C23H27N3O3. The lowest BCUT2D eigenvalue weighted by Gasteiger charge is -2.46. The van der Waals surface area contributed by atoms with Gasteiger partial charge in [0.1, 0.15) is 11.4 Å². The third-order valence-corrected chi connectivity index (χ3v) is 6.15.